The average Bonchev–Trinajstić information content (AvgIpc) is 3.08. The van der Waals surface area contributed by atoms with Gasteiger partial charge in [-0.3, -0.25) is 4.79 Å². The molecule has 2 aromatic rings. The Morgan fingerprint density at radius 2 is 1.65 bits per heavy atom. The fourth-order valence-electron chi connectivity index (χ4n) is 3.01. The summed E-state index contributed by atoms with van der Waals surface area (Å²) in [7, 11) is -4.64. The zero-order valence-electron chi connectivity index (χ0n) is 17.2. The number of benzene rings is 1. The van der Waals surface area contributed by atoms with Crippen molar-refractivity contribution in [3.8, 4) is 0 Å². The molecule has 11 nitrogen and oxygen atoms in total. The highest BCUT2D eigenvalue weighted by Gasteiger charge is 2.40. The lowest BCUT2D eigenvalue weighted by atomic mass is 10.0. The van der Waals surface area contributed by atoms with Crippen LogP contribution in [0.4, 0.5) is 26.3 Å². The van der Waals surface area contributed by atoms with Gasteiger partial charge in [-0.25, -0.2) is 17.7 Å². The summed E-state index contributed by atoms with van der Waals surface area (Å²) in [4.78, 5) is 35.2. The summed E-state index contributed by atoms with van der Waals surface area (Å²) in [5.74, 6) is -5.15. The van der Waals surface area contributed by atoms with E-state index in [1.165, 1.54) is 4.90 Å². The molecule has 2 heterocycles. The summed E-state index contributed by atoms with van der Waals surface area (Å²) >= 11 is 0. The molecule has 3 rings (SSSR count). The van der Waals surface area contributed by atoms with E-state index >= 15 is 0 Å². The van der Waals surface area contributed by atoms with Crippen molar-refractivity contribution in [1.82, 2.24) is 25.8 Å². The third kappa shape index (κ3) is 8.34. The van der Waals surface area contributed by atoms with Gasteiger partial charge in [0.1, 0.15) is 5.82 Å². The van der Waals surface area contributed by atoms with E-state index in [1.54, 1.807) is 0 Å². The Hall–Kier alpha value is -2.56. The van der Waals surface area contributed by atoms with E-state index in [2.05, 4.69) is 10.2 Å². The van der Waals surface area contributed by atoms with E-state index in [-0.39, 0.29) is 50.0 Å². The Balaban J connectivity index is 0.000000873. The molecule has 1 aliphatic heterocycles. The molecule has 1 aromatic carbocycles. The smallest absolute Gasteiger partial charge is 0.344 e. The fraction of sp³-hybridized carbons (Fsp3) is 0.438. The van der Waals surface area contributed by atoms with Crippen molar-refractivity contribution in [2.75, 3.05) is 6.54 Å². The number of alkyl halides is 3. The zero-order chi connectivity index (χ0) is 25.1. The normalized spacial score (nSPS) is 14.5. The molecular weight excluding hydrogens is 501 g/mol. The van der Waals surface area contributed by atoms with Crippen LogP contribution >= 0.6 is 7.82 Å². The maximum Gasteiger partial charge on any atom is 0.466 e. The number of hydrogen-bond acceptors (Lipinski definition) is 6. The molecule has 1 aromatic heterocycles. The third-order valence-corrected chi connectivity index (χ3v) is 4.37. The van der Waals surface area contributed by atoms with Gasteiger partial charge < -0.3 is 36.0 Å². The molecule has 1 atom stereocenters. The second kappa shape index (κ2) is 11.2. The lowest BCUT2D eigenvalue weighted by Gasteiger charge is -2.29. The van der Waals surface area contributed by atoms with Gasteiger partial charge in [-0.05, 0) is 18.1 Å². The molecule has 0 bridgehead atoms. The number of hydrogen-bond donors (Lipinski definition) is 5. The summed E-state index contributed by atoms with van der Waals surface area (Å²) in [6.07, 6.45) is -5.11. The number of phosphoric acid groups is 1. The van der Waals surface area contributed by atoms with Crippen molar-refractivity contribution in [1.29, 1.82) is 0 Å². The predicted molar refractivity (Wildman–Crippen MR) is 102 cm³/mol. The standard InChI is InChI=1S/C16H15F6N5O.H3N.H3O4P/c17-10-6-12(19)11(18)4-8(10)3-9(23)5-14(28)26-1-2-27-13(7-26)24-25-15(27)16(20,21)22;;1-5(2,3)4/h4,6,9H,1-3,5,7,23H2;1H3;(H3,1,2,3,4). The molecule has 1 aliphatic rings. The fourth-order valence-corrected chi connectivity index (χ4v) is 3.01. The van der Waals surface area contributed by atoms with Crippen molar-refractivity contribution in [3.05, 3.63) is 46.8 Å². The number of amides is 1. The molecular formula is C16H21F6N6O5P. The molecule has 1 amide bonds. The van der Waals surface area contributed by atoms with Gasteiger partial charge in [-0.2, -0.15) is 13.2 Å². The van der Waals surface area contributed by atoms with Crippen molar-refractivity contribution in [2.45, 2.75) is 38.1 Å². The highest BCUT2D eigenvalue weighted by atomic mass is 31.2. The number of aromatic nitrogens is 3. The van der Waals surface area contributed by atoms with Crippen LogP contribution in [0.5, 0.6) is 0 Å². The average molecular weight is 522 g/mol. The lowest BCUT2D eigenvalue weighted by molar-refractivity contribution is -0.148. The topological polar surface area (TPSA) is 190 Å². The Morgan fingerprint density at radius 1 is 1.09 bits per heavy atom. The van der Waals surface area contributed by atoms with Crippen LogP contribution in [0.1, 0.15) is 23.6 Å². The van der Waals surface area contributed by atoms with Crippen LogP contribution in [0, 0.1) is 17.5 Å². The van der Waals surface area contributed by atoms with Crippen LogP contribution in [-0.4, -0.2) is 52.8 Å². The van der Waals surface area contributed by atoms with E-state index in [0.717, 1.165) is 4.57 Å². The second-order valence-electron chi connectivity index (χ2n) is 6.94. The molecule has 1 unspecified atom stereocenters. The number of rotatable bonds is 4. The minimum absolute atomic E-state index is 0. The van der Waals surface area contributed by atoms with Crippen molar-refractivity contribution in [2.24, 2.45) is 5.73 Å². The monoisotopic (exact) mass is 522 g/mol. The molecule has 0 radical (unpaired) electrons. The van der Waals surface area contributed by atoms with Gasteiger partial charge in [0.25, 0.3) is 0 Å². The highest BCUT2D eigenvalue weighted by molar-refractivity contribution is 7.45. The quantitative estimate of drug-likeness (QED) is 0.224. The molecule has 34 heavy (non-hydrogen) atoms. The van der Waals surface area contributed by atoms with Gasteiger partial charge in [0.05, 0.1) is 6.54 Å². The Morgan fingerprint density at radius 3 is 2.21 bits per heavy atom. The van der Waals surface area contributed by atoms with E-state index < -0.39 is 49.2 Å². The van der Waals surface area contributed by atoms with Crippen LogP contribution in [0.25, 0.3) is 0 Å². The largest absolute Gasteiger partial charge is 0.466 e. The number of carbonyl (C=O) groups excluding carboxylic acids is 1. The molecule has 0 fully saturated rings. The Bertz CT molecular complexity index is 1050. The molecule has 0 saturated heterocycles. The molecule has 0 aliphatic carbocycles. The van der Waals surface area contributed by atoms with E-state index in [4.69, 9.17) is 25.0 Å². The number of nitrogens with zero attached hydrogens (tertiary/aromatic N) is 4. The molecule has 18 heteroatoms. The minimum Gasteiger partial charge on any atom is -0.344 e. The molecule has 8 N–H and O–H groups in total. The first-order valence-corrected chi connectivity index (χ1v) is 10.6. The molecule has 192 valence electrons. The van der Waals surface area contributed by atoms with Gasteiger partial charge in [0, 0.05) is 31.6 Å². The van der Waals surface area contributed by atoms with Crippen LogP contribution in [0.2, 0.25) is 0 Å². The third-order valence-electron chi connectivity index (χ3n) is 4.37. The van der Waals surface area contributed by atoms with Gasteiger partial charge in [-0.1, -0.05) is 0 Å². The van der Waals surface area contributed by atoms with Gasteiger partial charge >= 0.3 is 14.0 Å². The Labute approximate surface area is 188 Å². The van der Waals surface area contributed by atoms with E-state index in [0.29, 0.717) is 12.1 Å². The summed E-state index contributed by atoms with van der Waals surface area (Å²) in [6.45, 7) is -0.302. The SMILES string of the molecule is N.NC(CC(=O)N1CCn2c(nnc2C(F)(F)F)C1)Cc1cc(F)c(F)cc1F.O=P(O)(O)O. The first kappa shape index (κ1) is 29.5. The predicted octanol–water partition coefficient (Wildman–Crippen LogP) is 1.25. The van der Waals surface area contributed by atoms with Gasteiger partial charge in [-0.15, -0.1) is 10.2 Å². The minimum atomic E-state index is -4.64. The van der Waals surface area contributed by atoms with Crippen LogP contribution in [-0.2, 0) is 35.0 Å². The summed E-state index contributed by atoms with van der Waals surface area (Å²) < 4.78 is 88.1. The van der Waals surface area contributed by atoms with Crippen molar-refractivity contribution < 1.29 is 50.4 Å². The molecule has 0 spiro atoms. The second-order valence-corrected chi connectivity index (χ2v) is 7.97. The zero-order valence-corrected chi connectivity index (χ0v) is 18.1. The van der Waals surface area contributed by atoms with Crippen molar-refractivity contribution in [3.63, 3.8) is 0 Å². The maximum atomic E-state index is 13.7. The van der Waals surface area contributed by atoms with Gasteiger partial charge in [0.15, 0.2) is 17.5 Å². The first-order valence-electron chi connectivity index (χ1n) is 9.00. The number of fused-ring (bicyclic) bond motifs is 1. The highest BCUT2D eigenvalue weighted by Crippen LogP contribution is 2.29. The summed E-state index contributed by atoms with van der Waals surface area (Å²) in [5.41, 5.74) is 5.64. The van der Waals surface area contributed by atoms with E-state index in [9.17, 15) is 31.1 Å². The maximum absolute atomic E-state index is 13.7. The van der Waals surface area contributed by atoms with Gasteiger partial charge in [0.2, 0.25) is 11.7 Å². The molecule has 0 saturated carbocycles. The number of halogens is 6. The van der Waals surface area contributed by atoms with E-state index in [1.807, 2.05) is 0 Å². The number of carbonyl (C=O) groups is 1. The summed E-state index contributed by atoms with van der Waals surface area (Å²) in [5, 5.41) is 6.60. The van der Waals surface area contributed by atoms with Crippen molar-refractivity contribution >= 4 is 13.7 Å². The first-order chi connectivity index (χ1) is 15.1. The number of nitrogens with two attached hydrogens (primary N) is 1. The van der Waals surface area contributed by atoms with Crippen LogP contribution in [0.3, 0.4) is 0 Å². The van der Waals surface area contributed by atoms with Crippen LogP contribution in [0.15, 0.2) is 12.1 Å². The summed E-state index contributed by atoms with van der Waals surface area (Å²) in [6, 6.07) is 0.184. The van der Waals surface area contributed by atoms with Crippen LogP contribution < -0.4 is 11.9 Å². The lowest BCUT2D eigenvalue weighted by Crippen LogP contribution is -2.42. The Kier molecular flexibility index (Phi) is 9.75.